The van der Waals surface area contributed by atoms with Crippen LogP contribution in [0.3, 0.4) is 0 Å². The maximum Gasteiger partial charge on any atom is 0.161 e. The lowest BCUT2D eigenvalue weighted by atomic mass is 10.00. The zero-order valence-corrected chi connectivity index (χ0v) is 20.5. The number of methoxy groups -OCH3 is 1. The Morgan fingerprint density at radius 2 is 2.00 bits per heavy atom. The molecule has 188 valence electrons. The van der Waals surface area contributed by atoms with E-state index in [1.165, 1.54) is 6.20 Å². The van der Waals surface area contributed by atoms with Crippen molar-refractivity contribution < 1.29 is 23.7 Å². The van der Waals surface area contributed by atoms with Crippen molar-refractivity contribution in [3.63, 3.8) is 0 Å². The molecule has 0 amide bonds. The molecule has 35 heavy (non-hydrogen) atoms. The molecule has 0 spiro atoms. The van der Waals surface area contributed by atoms with Gasteiger partial charge in [0.2, 0.25) is 0 Å². The topological polar surface area (TPSA) is 76.1 Å². The second-order valence-corrected chi connectivity index (χ2v) is 8.84. The molecule has 5 rings (SSSR count). The highest BCUT2D eigenvalue weighted by Crippen LogP contribution is 2.31. The standard InChI is InChI=1S/C26H30FN3O4.ClH/c1-32-18-3-4-22-20(13-18)19(21(27)15-29-22)6-8-30-9-7-23(24(31)16-30)28-14-17-2-5-25-26(12-17)34-11-10-33-25;/h2-5,12-13,15,23-24,28,31H,6-11,14,16H2,1H3;1H/t23-,24-;/m0./s1. The molecule has 0 radical (unpaired) electrons. The fourth-order valence-corrected chi connectivity index (χ4v) is 4.74. The third-order valence-corrected chi connectivity index (χ3v) is 6.65. The quantitative estimate of drug-likeness (QED) is 0.512. The Morgan fingerprint density at radius 1 is 1.17 bits per heavy atom. The van der Waals surface area contributed by atoms with E-state index in [-0.39, 0.29) is 24.3 Å². The van der Waals surface area contributed by atoms with Gasteiger partial charge in [-0.2, -0.15) is 0 Å². The molecule has 0 bridgehead atoms. The first-order valence-corrected chi connectivity index (χ1v) is 11.7. The predicted molar refractivity (Wildman–Crippen MR) is 134 cm³/mol. The van der Waals surface area contributed by atoms with Crippen molar-refractivity contribution in [3.05, 3.63) is 59.5 Å². The smallest absolute Gasteiger partial charge is 0.161 e. The number of aliphatic hydroxyl groups is 1. The number of ether oxygens (including phenoxy) is 3. The highest BCUT2D eigenvalue weighted by atomic mass is 35.5. The summed E-state index contributed by atoms with van der Waals surface area (Å²) in [7, 11) is 1.60. The van der Waals surface area contributed by atoms with Gasteiger partial charge in [0.15, 0.2) is 11.5 Å². The van der Waals surface area contributed by atoms with E-state index in [1.54, 1.807) is 7.11 Å². The van der Waals surface area contributed by atoms with Crippen molar-refractivity contribution in [1.29, 1.82) is 0 Å². The number of aliphatic hydroxyl groups excluding tert-OH is 1. The minimum Gasteiger partial charge on any atom is -0.497 e. The third kappa shape index (κ3) is 5.78. The van der Waals surface area contributed by atoms with Crippen LogP contribution in [0.25, 0.3) is 10.9 Å². The number of halogens is 2. The van der Waals surface area contributed by atoms with Crippen LogP contribution in [0.4, 0.5) is 4.39 Å². The van der Waals surface area contributed by atoms with Crippen LogP contribution in [0.1, 0.15) is 17.5 Å². The number of pyridine rings is 1. The Kier molecular flexibility index (Phi) is 8.28. The lowest BCUT2D eigenvalue weighted by Crippen LogP contribution is -2.52. The molecule has 1 aromatic heterocycles. The van der Waals surface area contributed by atoms with E-state index >= 15 is 0 Å². The van der Waals surface area contributed by atoms with E-state index in [4.69, 9.17) is 14.2 Å². The van der Waals surface area contributed by atoms with Crippen molar-refractivity contribution in [1.82, 2.24) is 15.2 Å². The Hall–Kier alpha value is -2.65. The van der Waals surface area contributed by atoms with Gasteiger partial charge in [0.25, 0.3) is 0 Å². The van der Waals surface area contributed by atoms with Crippen LogP contribution in [-0.4, -0.2) is 67.1 Å². The maximum atomic E-state index is 14.6. The van der Waals surface area contributed by atoms with Crippen LogP contribution in [0.15, 0.2) is 42.6 Å². The third-order valence-electron chi connectivity index (χ3n) is 6.65. The van der Waals surface area contributed by atoms with Gasteiger partial charge in [-0.05, 0) is 55.3 Å². The summed E-state index contributed by atoms with van der Waals surface area (Å²) >= 11 is 0. The number of aromatic nitrogens is 1. The number of rotatable bonds is 7. The molecular weight excluding hydrogens is 473 g/mol. The maximum absolute atomic E-state index is 14.6. The fraction of sp³-hybridized carbons (Fsp3) is 0.423. The van der Waals surface area contributed by atoms with Crippen LogP contribution in [-0.2, 0) is 13.0 Å². The molecule has 0 saturated carbocycles. The summed E-state index contributed by atoms with van der Waals surface area (Å²) in [6.07, 6.45) is 2.15. The number of β-amino-alcohol motifs (C(OH)–C–C–N with tert-alkyl or cyclic N) is 1. The van der Waals surface area contributed by atoms with E-state index < -0.39 is 6.10 Å². The highest BCUT2D eigenvalue weighted by molar-refractivity contribution is 5.85. The van der Waals surface area contributed by atoms with Gasteiger partial charge in [0.1, 0.15) is 24.8 Å². The van der Waals surface area contributed by atoms with E-state index in [1.807, 2.05) is 36.4 Å². The zero-order chi connectivity index (χ0) is 23.5. The monoisotopic (exact) mass is 503 g/mol. The van der Waals surface area contributed by atoms with Crippen molar-refractivity contribution in [2.45, 2.75) is 31.5 Å². The SMILES string of the molecule is COc1ccc2ncc(F)c(CCN3CC[C@H](NCc4ccc5c(c4)OCCO5)[C@@H](O)C3)c2c1.Cl. The van der Waals surface area contributed by atoms with Crippen LogP contribution >= 0.6 is 12.4 Å². The van der Waals surface area contributed by atoms with Gasteiger partial charge in [0, 0.05) is 36.6 Å². The first-order valence-electron chi connectivity index (χ1n) is 11.7. The lowest BCUT2D eigenvalue weighted by molar-refractivity contribution is 0.0404. The number of hydrogen-bond donors (Lipinski definition) is 2. The molecule has 1 saturated heterocycles. The van der Waals surface area contributed by atoms with Crippen molar-refractivity contribution in [3.8, 4) is 17.2 Å². The summed E-state index contributed by atoms with van der Waals surface area (Å²) in [5, 5.41) is 15.0. The molecule has 9 heteroatoms. The summed E-state index contributed by atoms with van der Waals surface area (Å²) in [6.45, 7) is 3.84. The first kappa shape index (κ1) is 25.4. The second kappa shape index (κ2) is 11.4. The normalized spacial score (nSPS) is 19.9. The van der Waals surface area contributed by atoms with Crippen LogP contribution in [0.2, 0.25) is 0 Å². The fourth-order valence-electron chi connectivity index (χ4n) is 4.74. The number of benzene rings is 2. The molecule has 3 heterocycles. The molecule has 2 aromatic carbocycles. The molecule has 2 aliphatic rings. The van der Waals surface area contributed by atoms with Gasteiger partial charge < -0.3 is 29.5 Å². The number of piperidine rings is 1. The molecule has 2 aliphatic heterocycles. The molecule has 2 N–H and O–H groups in total. The van der Waals surface area contributed by atoms with E-state index in [2.05, 4.69) is 15.2 Å². The summed E-state index contributed by atoms with van der Waals surface area (Å²) in [4.78, 5) is 6.39. The first-order chi connectivity index (χ1) is 16.6. The Morgan fingerprint density at radius 3 is 2.80 bits per heavy atom. The number of likely N-dealkylation sites (tertiary alicyclic amines) is 1. The van der Waals surface area contributed by atoms with Crippen LogP contribution in [0.5, 0.6) is 17.2 Å². The van der Waals surface area contributed by atoms with Crippen molar-refractivity contribution in [2.24, 2.45) is 0 Å². The van der Waals surface area contributed by atoms with Gasteiger partial charge >= 0.3 is 0 Å². The summed E-state index contributed by atoms with van der Waals surface area (Å²) in [5.41, 5.74) is 2.48. The Bertz CT molecular complexity index is 1160. The highest BCUT2D eigenvalue weighted by Gasteiger charge is 2.27. The van der Waals surface area contributed by atoms with Crippen molar-refractivity contribution in [2.75, 3.05) is 40.0 Å². The predicted octanol–water partition coefficient (Wildman–Crippen LogP) is 3.34. The molecule has 3 aromatic rings. The summed E-state index contributed by atoms with van der Waals surface area (Å²) in [5.74, 6) is 1.92. The minimum absolute atomic E-state index is 0. The Balaban J connectivity index is 0.00000289. The molecule has 1 fully saturated rings. The summed E-state index contributed by atoms with van der Waals surface area (Å²) < 4.78 is 31.2. The number of nitrogens with zero attached hydrogens (tertiary/aromatic N) is 2. The molecule has 0 unspecified atom stereocenters. The van der Waals surface area contributed by atoms with E-state index in [0.29, 0.717) is 50.6 Å². The molecular formula is C26H31ClFN3O4. The van der Waals surface area contributed by atoms with Crippen molar-refractivity contribution >= 4 is 23.3 Å². The summed E-state index contributed by atoms with van der Waals surface area (Å²) in [6, 6.07) is 11.5. The number of nitrogens with one attached hydrogen (secondary N) is 1. The number of hydrogen-bond acceptors (Lipinski definition) is 7. The van der Waals surface area contributed by atoms with Gasteiger partial charge in [-0.15, -0.1) is 12.4 Å². The van der Waals surface area contributed by atoms with Crippen LogP contribution < -0.4 is 19.5 Å². The largest absolute Gasteiger partial charge is 0.497 e. The van der Waals surface area contributed by atoms with Crippen LogP contribution in [0, 0.1) is 5.82 Å². The second-order valence-electron chi connectivity index (χ2n) is 8.84. The van der Waals surface area contributed by atoms with E-state index in [9.17, 15) is 9.50 Å². The molecule has 0 aliphatic carbocycles. The Labute approximate surface area is 210 Å². The molecule has 7 nitrogen and oxygen atoms in total. The zero-order valence-electron chi connectivity index (χ0n) is 19.7. The van der Waals surface area contributed by atoms with Gasteiger partial charge in [-0.25, -0.2) is 4.39 Å². The average Bonchev–Trinajstić information content (AvgIpc) is 2.87. The van der Waals surface area contributed by atoms with Gasteiger partial charge in [0.05, 0.1) is 24.9 Å². The van der Waals surface area contributed by atoms with Gasteiger partial charge in [-0.1, -0.05) is 6.07 Å². The van der Waals surface area contributed by atoms with Gasteiger partial charge in [-0.3, -0.25) is 4.98 Å². The van der Waals surface area contributed by atoms with E-state index in [0.717, 1.165) is 40.9 Å². The molecule has 2 atom stereocenters. The minimum atomic E-state index is -0.495. The lowest BCUT2D eigenvalue weighted by Gasteiger charge is -2.36. The average molecular weight is 504 g/mol. The number of fused-ring (bicyclic) bond motifs is 2.